The number of anilines is 1. The molecule has 0 aliphatic carbocycles. The number of H-pyrrole nitrogens is 1. The van der Waals surface area contributed by atoms with E-state index < -0.39 is 11.7 Å². The topological polar surface area (TPSA) is 135 Å². The number of rotatable bonds is 9. The predicted molar refractivity (Wildman–Crippen MR) is 118 cm³/mol. The number of carbonyl (C=O) groups excluding carboxylic acids is 1. The second-order valence-electron chi connectivity index (χ2n) is 9.22. The number of piperidine rings is 1. The molecular formula is C21H34N6O6. The Morgan fingerprint density at radius 3 is 2.48 bits per heavy atom. The molecule has 2 N–H and O–H groups in total. The summed E-state index contributed by atoms with van der Waals surface area (Å²) in [5.74, 6) is -0.298. The summed E-state index contributed by atoms with van der Waals surface area (Å²) in [5, 5.41) is 12.5. The van der Waals surface area contributed by atoms with Crippen molar-refractivity contribution < 1.29 is 24.0 Å². The molecule has 33 heavy (non-hydrogen) atoms. The van der Waals surface area contributed by atoms with Crippen LogP contribution in [0.15, 0.2) is 9.32 Å². The first-order valence-electron chi connectivity index (χ1n) is 11.9. The van der Waals surface area contributed by atoms with Crippen molar-refractivity contribution in [2.24, 2.45) is 5.92 Å². The number of carboxylic acid groups (broad SMARTS) is 1. The van der Waals surface area contributed by atoms with Crippen molar-refractivity contribution in [3.63, 3.8) is 0 Å². The van der Waals surface area contributed by atoms with Crippen LogP contribution >= 0.6 is 0 Å². The Morgan fingerprint density at radius 1 is 1.12 bits per heavy atom. The van der Waals surface area contributed by atoms with Crippen molar-refractivity contribution >= 4 is 18.0 Å². The molecule has 0 bridgehead atoms. The molecule has 0 spiro atoms. The van der Waals surface area contributed by atoms with Gasteiger partial charge in [-0.05, 0) is 50.2 Å². The fourth-order valence-corrected chi connectivity index (χ4v) is 5.07. The van der Waals surface area contributed by atoms with E-state index in [0.29, 0.717) is 24.8 Å². The van der Waals surface area contributed by atoms with Gasteiger partial charge in [0.2, 0.25) is 5.95 Å². The van der Waals surface area contributed by atoms with Crippen molar-refractivity contribution in [2.75, 3.05) is 57.3 Å². The Kier molecular flexibility index (Phi) is 7.53. The minimum atomic E-state index is -0.753. The fourth-order valence-electron chi connectivity index (χ4n) is 5.07. The number of piperazine rings is 1. The van der Waals surface area contributed by atoms with Gasteiger partial charge in [-0.15, -0.1) is 0 Å². The smallest absolute Gasteiger partial charge is 0.440 e. The lowest BCUT2D eigenvalue weighted by Crippen LogP contribution is -2.53. The van der Waals surface area contributed by atoms with E-state index >= 15 is 0 Å². The van der Waals surface area contributed by atoms with Gasteiger partial charge in [0, 0.05) is 52.2 Å². The summed E-state index contributed by atoms with van der Waals surface area (Å²) in [6.45, 7) is 8.45. The monoisotopic (exact) mass is 466 g/mol. The summed E-state index contributed by atoms with van der Waals surface area (Å²) in [7, 11) is 0. The number of hydrogen-bond acceptors (Lipinski definition) is 9. The second-order valence-corrected chi connectivity index (χ2v) is 9.22. The van der Waals surface area contributed by atoms with Crippen LogP contribution in [0, 0.1) is 5.92 Å². The first-order valence-corrected chi connectivity index (χ1v) is 11.9. The van der Waals surface area contributed by atoms with E-state index in [1.165, 1.54) is 0 Å². The van der Waals surface area contributed by atoms with Gasteiger partial charge in [0.05, 0.1) is 6.04 Å². The van der Waals surface area contributed by atoms with Crippen molar-refractivity contribution in [3.05, 3.63) is 10.6 Å². The maximum absolute atomic E-state index is 12.6. The van der Waals surface area contributed by atoms with Crippen LogP contribution in [0.4, 0.5) is 10.7 Å². The molecule has 12 heteroatoms. The Labute approximate surface area is 192 Å². The van der Waals surface area contributed by atoms with Gasteiger partial charge >= 0.3 is 17.8 Å². The third-order valence-corrected chi connectivity index (χ3v) is 7.11. The normalized spacial score (nSPS) is 25.5. The lowest BCUT2D eigenvalue weighted by atomic mass is 9.93. The molecule has 1 aromatic heterocycles. The third kappa shape index (κ3) is 5.85. The van der Waals surface area contributed by atoms with Crippen LogP contribution in [0.2, 0.25) is 0 Å². The van der Waals surface area contributed by atoms with Crippen LogP contribution < -0.4 is 10.7 Å². The van der Waals surface area contributed by atoms with Gasteiger partial charge in [-0.25, -0.2) is 9.59 Å². The van der Waals surface area contributed by atoms with E-state index in [-0.39, 0.29) is 24.8 Å². The molecule has 0 saturated carbocycles. The number of ether oxygens (including phenoxy) is 1. The molecule has 0 radical (unpaired) electrons. The predicted octanol–water partition coefficient (Wildman–Crippen LogP) is 0.619. The van der Waals surface area contributed by atoms with Crippen molar-refractivity contribution in [1.29, 1.82) is 0 Å². The Balaban J connectivity index is 1.19. The summed E-state index contributed by atoms with van der Waals surface area (Å²) in [6.07, 6.45) is 3.25. The van der Waals surface area contributed by atoms with Gasteiger partial charge in [0.25, 0.3) is 0 Å². The van der Waals surface area contributed by atoms with Gasteiger partial charge in [-0.1, -0.05) is 0 Å². The van der Waals surface area contributed by atoms with E-state index in [1.807, 2.05) is 9.80 Å². The van der Waals surface area contributed by atoms with Crippen LogP contribution in [0.5, 0.6) is 0 Å². The highest BCUT2D eigenvalue weighted by Gasteiger charge is 2.42. The highest BCUT2D eigenvalue weighted by molar-refractivity contribution is 5.70. The molecule has 2 unspecified atom stereocenters. The van der Waals surface area contributed by atoms with Crippen LogP contribution in [0.25, 0.3) is 0 Å². The van der Waals surface area contributed by atoms with Crippen LogP contribution in [-0.2, 0) is 9.53 Å². The summed E-state index contributed by atoms with van der Waals surface area (Å²) in [5.41, 5.74) is 0. The second kappa shape index (κ2) is 10.6. The zero-order valence-corrected chi connectivity index (χ0v) is 19.1. The molecule has 184 valence electrons. The highest BCUT2D eigenvalue weighted by atomic mass is 16.6. The molecule has 4 heterocycles. The van der Waals surface area contributed by atoms with Gasteiger partial charge in [0.15, 0.2) is 6.23 Å². The lowest BCUT2D eigenvalue weighted by Gasteiger charge is -2.38. The van der Waals surface area contributed by atoms with Crippen molar-refractivity contribution in [1.82, 2.24) is 24.8 Å². The molecule has 12 nitrogen and oxygen atoms in total. The quantitative estimate of drug-likeness (QED) is 0.533. The molecular weight excluding hydrogens is 432 g/mol. The minimum absolute atomic E-state index is 0.00338. The van der Waals surface area contributed by atoms with Crippen molar-refractivity contribution in [3.8, 4) is 0 Å². The lowest BCUT2D eigenvalue weighted by molar-refractivity contribution is -0.137. The summed E-state index contributed by atoms with van der Waals surface area (Å²) in [6, 6.07) is -0.00338. The largest absolute Gasteiger partial charge is 0.481 e. The summed E-state index contributed by atoms with van der Waals surface area (Å²) >= 11 is 0. The number of aromatic amines is 1. The number of cyclic esters (lactones) is 1. The van der Waals surface area contributed by atoms with Gasteiger partial charge in [0.1, 0.15) is 0 Å². The van der Waals surface area contributed by atoms with E-state index in [2.05, 4.69) is 31.4 Å². The standard InChI is InChI=1S/C21H34N6O6/c1-15-18(25-13-11-24(12-14-25)7-2-3-17(28)29)32-21(31)27(15)10-6-16-4-8-26(9-5-16)19-22-20(30)33-23-19/h15-16,18H,2-14H2,1H3,(H,28,29)(H,22,23,30). The Bertz CT molecular complexity index is 857. The zero-order valence-electron chi connectivity index (χ0n) is 19.1. The molecule has 3 saturated heterocycles. The summed E-state index contributed by atoms with van der Waals surface area (Å²) < 4.78 is 10.3. The average molecular weight is 467 g/mol. The van der Waals surface area contributed by atoms with E-state index in [9.17, 15) is 14.4 Å². The first-order chi connectivity index (χ1) is 15.9. The van der Waals surface area contributed by atoms with Crippen molar-refractivity contribution in [2.45, 2.75) is 51.3 Å². The molecule has 3 aliphatic rings. The Morgan fingerprint density at radius 2 is 1.85 bits per heavy atom. The maximum atomic E-state index is 12.6. The number of nitrogens with one attached hydrogen (secondary N) is 1. The van der Waals surface area contributed by atoms with Crippen LogP contribution in [-0.4, -0.2) is 107 Å². The number of amides is 1. The third-order valence-electron chi connectivity index (χ3n) is 7.11. The fraction of sp³-hybridized carbons (Fsp3) is 0.810. The number of hydrogen-bond donors (Lipinski definition) is 2. The molecule has 1 aromatic rings. The van der Waals surface area contributed by atoms with Crippen LogP contribution in [0.3, 0.4) is 0 Å². The highest BCUT2D eigenvalue weighted by Crippen LogP contribution is 2.27. The molecule has 4 rings (SSSR count). The average Bonchev–Trinajstić information content (AvgIpc) is 3.36. The molecule has 1 amide bonds. The number of nitrogens with zero attached hydrogens (tertiary/aromatic N) is 5. The Hall–Kier alpha value is -2.60. The number of aromatic nitrogens is 2. The number of aliphatic carboxylic acids is 1. The minimum Gasteiger partial charge on any atom is -0.481 e. The first kappa shape index (κ1) is 23.6. The van der Waals surface area contributed by atoms with E-state index in [4.69, 9.17) is 9.84 Å². The van der Waals surface area contributed by atoms with Crippen LogP contribution in [0.1, 0.15) is 39.0 Å². The molecule has 2 atom stereocenters. The van der Waals surface area contributed by atoms with Gasteiger partial charge in [-0.2, -0.15) is 0 Å². The van der Waals surface area contributed by atoms with Gasteiger partial charge in [-0.3, -0.25) is 19.2 Å². The van der Waals surface area contributed by atoms with E-state index in [1.54, 1.807) is 0 Å². The molecule has 3 aliphatic heterocycles. The molecule has 0 aromatic carbocycles. The van der Waals surface area contributed by atoms with E-state index in [0.717, 1.165) is 65.1 Å². The number of carboxylic acids is 1. The summed E-state index contributed by atoms with van der Waals surface area (Å²) in [4.78, 5) is 45.4. The van der Waals surface area contributed by atoms with Gasteiger partial charge < -0.3 is 24.5 Å². The number of carbonyl (C=O) groups is 2. The molecule has 3 fully saturated rings. The zero-order chi connectivity index (χ0) is 23.4. The SMILES string of the molecule is CC1C(N2CCN(CCCC(=O)O)CC2)OC(=O)N1CCC1CCN(c2noc(=O)[nH]2)CC1. The maximum Gasteiger partial charge on any atom is 0.440 e.